The zero-order valence-electron chi connectivity index (χ0n) is 19.8. The van der Waals surface area contributed by atoms with Crippen molar-refractivity contribution in [1.29, 1.82) is 0 Å². The van der Waals surface area contributed by atoms with E-state index in [4.69, 9.17) is 26.6 Å². The van der Waals surface area contributed by atoms with Gasteiger partial charge in [0.25, 0.3) is 0 Å². The largest absolute Gasteiger partial charge is 0.388 e. The number of benzene rings is 1. The molecule has 4 heterocycles. The summed E-state index contributed by atoms with van der Waals surface area (Å²) in [5, 5.41) is 11.0. The monoisotopic (exact) mass is 490 g/mol. The van der Waals surface area contributed by atoms with Gasteiger partial charge < -0.3 is 9.67 Å². The van der Waals surface area contributed by atoms with E-state index >= 15 is 0 Å². The number of likely N-dealkylation sites (tertiary alicyclic amines) is 1. The molecule has 1 saturated carbocycles. The Morgan fingerprint density at radius 1 is 1.06 bits per heavy atom. The Morgan fingerprint density at radius 2 is 1.83 bits per heavy atom. The van der Waals surface area contributed by atoms with E-state index in [-0.39, 0.29) is 5.28 Å². The number of aliphatic hydroxyl groups is 1. The number of aliphatic imine (C=N–C) groups is 1. The van der Waals surface area contributed by atoms with Crippen LogP contribution in [-0.2, 0) is 5.66 Å². The number of hydrogen-bond acceptors (Lipinski definition) is 6. The molecule has 0 spiro atoms. The molecule has 35 heavy (non-hydrogen) atoms. The third-order valence-electron chi connectivity index (χ3n) is 7.98. The molecule has 3 aliphatic rings. The minimum Gasteiger partial charge on any atom is -0.388 e. The maximum Gasteiger partial charge on any atom is 0.224 e. The zero-order valence-corrected chi connectivity index (χ0v) is 20.6. The normalized spacial score (nSPS) is 24.6. The summed E-state index contributed by atoms with van der Waals surface area (Å²) in [5.41, 5.74) is 2.62. The van der Waals surface area contributed by atoms with E-state index in [1.165, 1.54) is 12.8 Å². The van der Waals surface area contributed by atoms with Gasteiger partial charge >= 0.3 is 0 Å². The number of imidazole rings is 1. The Hall–Kier alpha value is -2.61. The molecule has 1 aromatic carbocycles. The van der Waals surface area contributed by atoms with Crippen LogP contribution in [0.2, 0.25) is 5.28 Å². The highest BCUT2D eigenvalue weighted by Gasteiger charge is 2.43. The summed E-state index contributed by atoms with van der Waals surface area (Å²) >= 11 is 6.49. The van der Waals surface area contributed by atoms with Gasteiger partial charge in [-0.2, -0.15) is 4.98 Å². The highest BCUT2D eigenvalue weighted by Crippen LogP contribution is 2.41. The lowest BCUT2D eigenvalue weighted by Gasteiger charge is -2.42. The molecule has 2 atom stereocenters. The van der Waals surface area contributed by atoms with Crippen LogP contribution in [0.25, 0.3) is 11.2 Å². The highest BCUT2D eigenvalue weighted by atomic mass is 35.5. The third kappa shape index (κ3) is 4.20. The lowest BCUT2D eigenvalue weighted by Crippen LogP contribution is -2.47. The van der Waals surface area contributed by atoms with Gasteiger partial charge in [-0.05, 0) is 67.3 Å². The van der Waals surface area contributed by atoms with E-state index in [9.17, 15) is 5.11 Å². The molecule has 7 nitrogen and oxygen atoms in total. The second-order valence-electron chi connectivity index (χ2n) is 10.1. The first-order valence-corrected chi connectivity index (χ1v) is 13.1. The first-order chi connectivity index (χ1) is 17.1. The molecule has 2 aliphatic heterocycles. The average Bonchev–Trinajstić information content (AvgIpc) is 3.65. The van der Waals surface area contributed by atoms with Crippen LogP contribution in [-0.4, -0.2) is 48.8 Å². The molecule has 1 N–H and O–H groups in total. The summed E-state index contributed by atoms with van der Waals surface area (Å²) in [6.07, 6.45) is 15.0. The van der Waals surface area contributed by atoms with Crippen LogP contribution >= 0.6 is 11.6 Å². The number of nitrogens with zero attached hydrogens (tertiary/aromatic N) is 6. The van der Waals surface area contributed by atoms with Crippen LogP contribution in [0.3, 0.4) is 0 Å². The smallest absolute Gasteiger partial charge is 0.224 e. The fourth-order valence-corrected chi connectivity index (χ4v) is 6.25. The number of fused-ring (bicyclic) bond motifs is 1. The number of aromatic nitrogens is 4. The van der Waals surface area contributed by atoms with Gasteiger partial charge in [0.1, 0.15) is 11.2 Å². The lowest BCUT2D eigenvalue weighted by molar-refractivity contribution is 0.0632. The first-order valence-electron chi connectivity index (χ1n) is 12.8. The van der Waals surface area contributed by atoms with E-state index < -0.39 is 11.8 Å². The average molecular weight is 491 g/mol. The molecule has 1 saturated heterocycles. The number of rotatable bonds is 6. The molecule has 2 unspecified atom stereocenters. The molecule has 3 aromatic rings. The van der Waals surface area contributed by atoms with Gasteiger partial charge in [0, 0.05) is 25.3 Å². The van der Waals surface area contributed by atoms with Crippen LogP contribution in [0, 0.1) is 5.92 Å². The van der Waals surface area contributed by atoms with Crippen molar-refractivity contribution in [2.24, 2.45) is 10.9 Å². The predicted molar refractivity (Wildman–Crippen MR) is 137 cm³/mol. The summed E-state index contributed by atoms with van der Waals surface area (Å²) in [4.78, 5) is 21.4. The molecule has 1 aliphatic carbocycles. The Morgan fingerprint density at radius 3 is 2.54 bits per heavy atom. The predicted octanol–water partition coefficient (Wildman–Crippen LogP) is 5.22. The number of halogens is 1. The van der Waals surface area contributed by atoms with E-state index in [2.05, 4.69) is 20.5 Å². The standard InChI is InChI=1S/C27H31ClN6O/c28-26-31-24(23-25(32-26)34(18-29-23)21-9-4-5-10-21)27(13-6-14-30-27)33-15-11-19(12-16-33)17-22(35)20-7-2-1-3-8-20/h1-3,6-8,13-14,18-19,21-22,35H,4-5,9-12,15-17H2. The van der Waals surface area contributed by atoms with Gasteiger partial charge in [-0.3, -0.25) is 9.89 Å². The first kappa shape index (κ1) is 22.8. The van der Waals surface area contributed by atoms with Crippen molar-refractivity contribution in [3.8, 4) is 0 Å². The van der Waals surface area contributed by atoms with Crippen molar-refractivity contribution in [3.05, 3.63) is 65.4 Å². The van der Waals surface area contributed by atoms with Crippen LogP contribution in [0.15, 0.2) is 53.8 Å². The Bertz CT molecular complexity index is 1230. The molecular weight excluding hydrogens is 460 g/mol. The second-order valence-corrected chi connectivity index (χ2v) is 10.4. The van der Waals surface area contributed by atoms with Crippen molar-refractivity contribution < 1.29 is 5.11 Å². The van der Waals surface area contributed by atoms with Gasteiger partial charge in [-0.15, -0.1) is 0 Å². The molecule has 0 bridgehead atoms. The van der Waals surface area contributed by atoms with Crippen molar-refractivity contribution >= 4 is 29.0 Å². The maximum atomic E-state index is 10.7. The summed E-state index contributed by atoms with van der Waals surface area (Å²) in [5.74, 6) is 0.462. The van der Waals surface area contributed by atoms with Crippen molar-refractivity contribution in [1.82, 2.24) is 24.4 Å². The fourth-order valence-electron chi connectivity index (χ4n) is 6.09. The number of piperidine rings is 1. The van der Waals surface area contributed by atoms with Crippen LogP contribution in [0.1, 0.15) is 68.3 Å². The SMILES string of the molecule is OC(CC1CCN(C2(c3nc(Cl)nc4c3ncn4C3CCCC3)C=CC=N2)CC1)c1ccccc1. The van der Waals surface area contributed by atoms with Gasteiger partial charge in [0.15, 0.2) is 11.3 Å². The molecule has 2 fully saturated rings. The Balaban J connectivity index is 1.26. The Kier molecular flexibility index (Phi) is 6.16. The van der Waals surface area contributed by atoms with E-state index in [0.717, 1.165) is 67.6 Å². The summed E-state index contributed by atoms with van der Waals surface area (Å²) in [6.45, 7) is 1.72. The number of allylic oxidation sites excluding steroid dienone is 1. The van der Waals surface area contributed by atoms with Gasteiger partial charge in [-0.1, -0.05) is 43.2 Å². The highest BCUT2D eigenvalue weighted by molar-refractivity contribution is 6.28. The molecule has 2 aromatic heterocycles. The maximum absolute atomic E-state index is 10.7. The fraction of sp³-hybridized carbons (Fsp3) is 0.481. The molecule has 6 rings (SSSR count). The minimum atomic E-state index is -0.720. The molecule has 0 amide bonds. The summed E-state index contributed by atoms with van der Waals surface area (Å²) in [7, 11) is 0. The number of hydrogen-bond donors (Lipinski definition) is 1. The van der Waals surface area contributed by atoms with Crippen molar-refractivity contribution in [2.75, 3.05) is 13.1 Å². The van der Waals surface area contributed by atoms with Gasteiger partial charge in [0.2, 0.25) is 5.28 Å². The van der Waals surface area contributed by atoms with Crippen molar-refractivity contribution in [2.45, 2.75) is 62.8 Å². The van der Waals surface area contributed by atoms with Crippen LogP contribution in [0.4, 0.5) is 0 Å². The second kappa shape index (κ2) is 9.45. The zero-order chi connectivity index (χ0) is 23.8. The molecule has 182 valence electrons. The Labute approximate surface area is 210 Å². The minimum absolute atomic E-state index is 0.239. The summed E-state index contributed by atoms with van der Waals surface area (Å²) in [6, 6.07) is 10.4. The molecular formula is C27H31ClN6O. The lowest BCUT2D eigenvalue weighted by atomic mass is 9.87. The van der Waals surface area contributed by atoms with Gasteiger partial charge in [0.05, 0.1) is 12.4 Å². The van der Waals surface area contributed by atoms with E-state index in [1.807, 2.05) is 48.9 Å². The van der Waals surface area contributed by atoms with Crippen LogP contribution in [0.5, 0.6) is 0 Å². The van der Waals surface area contributed by atoms with Crippen molar-refractivity contribution in [3.63, 3.8) is 0 Å². The third-order valence-corrected chi connectivity index (χ3v) is 8.15. The van der Waals surface area contributed by atoms with E-state index in [0.29, 0.717) is 12.0 Å². The molecule has 0 radical (unpaired) electrons. The van der Waals surface area contributed by atoms with Crippen LogP contribution < -0.4 is 0 Å². The quantitative estimate of drug-likeness (QED) is 0.479. The molecule has 8 heteroatoms. The van der Waals surface area contributed by atoms with Gasteiger partial charge in [-0.25, -0.2) is 9.97 Å². The topological polar surface area (TPSA) is 79.4 Å². The number of aliphatic hydroxyl groups excluding tert-OH is 1. The summed E-state index contributed by atoms with van der Waals surface area (Å²) < 4.78 is 2.19. The van der Waals surface area contributed by atoms with E-state index in [1.54, 1.807) is 0 Å².